The van der Waals surface area contributed by atoms with Crippen LogP contribution in [0.1, 0.15) is 38.1 Å². The number of nitrogens with zero attached hydrogens (tertiary/aromatic N) is 5. The van der Waals surface area contributed by atoms with Gasteiger partial charge in [-0.3, -0.25) is 14.3 Å². The molecule has 0 saturated heterocycles. The summed E-state index contributed by atoms with van der Waals surface area (Å²) in [6.45, 7) is 0. The van der Waals surface area contributed by atoms with Crippen molar-refractivity contribution in [1.82, 2.24) is 19.7 Å². The van der Waals surface area contributed by atoms with E-state index in [1.165, 1.54) is 31.0 Å². The van der Waals surface area contributed by atoms with Crippen LogP contribution in [0, 0.1) is 0 Å². The zero-order chi connectivity index (χ0) is 21.6. The number of thioether (sulfide) groups is 1. The lowest BCUT2D eigenvalue weighted by molar-refractivity contribution is -0.113. The Morgan fingerprint density at radius 3 is 2.45 bits per heavy atom. The third kappa shape index (κ3) is 5.25. The molecule has 8 heteroatoms. The van der Waals surface area contributed by atoms with Gasteiger partial charge in [-0.25, -0.2) is 0 Å². The summed E-state index contributed by atoms with van der Waals surface area (Å²) in [5, 5.41) is 12.7. The van der Waals surface area contributed by atoms with Crippen LogP contribution in [0.3, 0.4) is 0 Å². The Morgan fingerprint density at radius 1 is 1.06 bits per heavy atom. The molecule has 0 radical (unpaired) electrons. The van der Waals surface area contributed by atoms with Crippen molar-refractivity contribution in [3.63, 3.8) is 0 Å². The third-order valence-corrected chi connectivity index (χ3v) is 6.49. The molecule has 0 spiro atoms. The molecule has 162 valence electrons. The summed E-state index contributed by atoms with van der Waals surface area (Å²) < 4.78 is 2.23. The lowest BCUT2D eigenvalue weighted by Crippen LogP contribution is -2.17. The first-order valence-corrected chi connectivity index (χ1v) is 11.7. The largest absolute Gasteiger partial charge is 0.378 e. The monoisotopic (exact) mass is 436 g/mol. The number of benzene rings is 1. The Bertz CT molecular complexity index is 997. The average molecular weight is 437 g/mol. The topological polar surface area (TPSA) is 75.9 Å². The number of rotatable bonds is 7. The van der Waals surface area contributed by atoms with E-state index >= 15 is 0 Å². The molecule has 1 saturated carbocycles. The number of anilines is 2. The second-order valence-electron chi connectivity index (χ2n) is 7.98. The Kier molecular flexibility index (Phi) is 6.86. The predicted molar refractivity (Wildman–Crippen MR) is 125 cm³/mol. The maximum atomic E-state index is 12.6. The first-order valence-electron chi connectivity index (χ1n) is 10.7. The molecule has 1 N–H and O–H groups in total. The highest BCUT2D eigenvalue weighted by Gasteiger charge is 2.24. The molecule has 3 aromatic rings. The van der Waals surface area contributed by atoms with E-state index in [2.05, 4.69) is 25.1 Å². The smallest absolute Gasteiger partial charge is 0.234 e. The molecule has 4 rings (SSSR count). The van der Waals surface area contributed by atoms with Crippen LogP contribution in [0.2, 0.25) is 0 Å². The quantitative estimate of drug-likeness (QED) is 0.544. The summed E-state index contributed by atoms with van der Waals surface area (Å²) >= 11 is 1.45. The number of carbonyl (C=O) groups excluding carboxylic acids is 1. The number of nitrogens with one attached hydrogen (secondary N) is 1. The molecule has 7 nitrogen and oxygen atoms in total. The van der Waals surface area contributed by atoms with E-state index in [4.69, 9.17) is 0 Å². The van der Waals surface area contributed by atoms with Crippen LogP contribution < -0.4 is 10.2 Å². The number of hydrogen-bond acceptors (Lipinski definition) is 6. The normalized spacial score (nSPS) is 14.4. The lowest BCUT2D eigenvalue weighted by atomic mass is 9.95. The molecule has 2 aromatic heterocycles. The molecule has 1 aliphatic carbocycles. The first kappa shape index (κ1) is 21.4. The van der Waals surface area contributed by atoms with E-state index < -0.39 is 0 Å². The lowest BCUT2D eigenvalue weighted by Gasteiger charge is -2.25. The average Bonchev–Trinajstić information content (AvgIpc) is 3.23. The maximum Gasteiger partial charge on any atom is 0.234 e. The van der Waals surface area contributed by atoms with Gasteiger partial charge in [-0.2, -0.15) is 0 Å². The van der Waals surface area contributed by atoms with Gasteiger partial charge >= 0.3 is 0 Å². The van der Waals surface area contributed by atoms with E-state index in [1.54, 1.807) is 12.4 Å². The number of hydrogen-bond donors (Lipinski definition) is 1. The van der Waals surface area contributed by atoms with Crippen molar-refractivity contribution in [3.05, 3.63) is 48.8 Å². The number of carbonyl (C=O) groups is 1. The second-order valence-corrected chi connectivity index (χ2v) is 8.92. The Balaban J connectivity index is 1.47. The van der Waals surface area contributed by atoms with Crippen LogP contribution in [0.15, 0.2) is 53.9 Å². The van der Waals surface area contributed by atoms with Crippen molar-refractivity contribution in [3.8, 4) is 11.4 Å². The molecule has 0 bridgehead atoms. The fraction of sp³-hybridized carbons (Fsp3) is 0.391. The van der Waals surface area contributed by atoms with Crippen LogP contribution in [0.5, 0.6) is 0 Å². The molecule has 2 heterocycles. The standard InChI is InChI=1S/C23H28N6OS/c1-28(2)19-10-8-18(9-11-19)25-21(30)16-31-23-27-26-22(17-12-14-24-15-13-17)29(23)20-6-4-3-5-7-20/h8-15,20H,3-7,16H2,1-2H3,(H,25,30). The van der Waals surface area contributed by atoms with Crippen molar-refractivity contribution in [2.75, 3.05) is 30.1 Å². The van der Waals surface area contributed by atoms with Gasteiger partial charge in [0.25, 0.3) is 0 Å². The van der Waals surface area contributed by atoms with Gasteiger partial charge in [-0.05, 0) is 49.2 Å². The molecular formula is C23H28N6OS. The first-order chi connectivity index (χ1) is 15.1. The Morgan fingerprint density at radius 2 is 1.77 bits per heavy atom. The van der Waals surface area contributed by atoms with Crippen LogP contribution in [0.4, 0.5) is 11.4 Å². The van der Waals surface area contributed by atoms with Gasteiger partial charge in [0.2, 0.25) is 5.91 Å². The molecule has 0 aliphatic heterocycles. The third-order valence-electron chi connectivity index (χ3n) is 5.54. The number of pyridine rings is 1. The van der Waals surface area contributed by atoms with Crippen molar-refractivity contribution in [2.24, 2.45) is 0 Å². The summed E-state index contributed by atoms with van der Waals surface area (Å²) in [4.78, 5) is 18.7. The van der Waals surface area contributed by atoms with Crippen LogP contribution in [-0.2, 0) is 4.79 Å². The molecule has 0 unspecified atom stereocenters. The zero-order valence-electron chi connectivity index (χ0n) is 18.0. The van der Waals surface area contributed by atoms with Crippen LogP contribution in [0.25, 0.3) is 11.4 Å². The van der Waals surface area contributed by atoms with E-state index in [0.717, 1.165) is 40.8 Å². The minimum absolute atomic E-state index is 0.0498. The van der Waals surface area contributed by atoms with Crippen molar-refractivity contribution < 1.29 is 4.79 Å². The summed E-state index contributed by atoms with van der Waals surface area (Å²) in [6.07, 6.45) is 9.50. The highest BCUT2D eigenvalue weighted by molar-refractivity contribution is 7.99. The number of aromatic nitrogens is 4. The van der Waals surface area contributed by atoms with E-state index in [-0.39, 0.29) is 11.7 Å². The van der Waals surface area contributed by atoms with Crippen molar-refractivity contribution in [1.29, 1.82) is 0 Å². The minimum atomic E-state index is -0.0498. The van der Waals surface area contributed by atoms with Gasteiger partial charge in [0, 0.05) is 49.5 Å². The fourth-order valence-corrected chi connectivity index (χ4v) is 4.72. The summed E-state index contributed by atoms with van der Waals surface area (Å²) in [5.41, 5.74) is 2.89. The Hall–Kier alpha value is -2.87. The fourth-order valence-electron chi connectivity index (χ4n) is 3.91. The summed E-state index contributed by atoms with van der Waals surface area (Å²) in [7, 11) is 3.99. The molecule has 1 fully saturated rings. The van der Waals surface area contributed by atoms with E-state index in [9.17, 15) is 4.79 Å². The van der Waals surface area contributed by atoms with Gasteiger partial charge in [0.15, 0.2) is 11.0 Å². The van der Waals surface area contributed by atoms with E-state index in [1.807, 2.05) is 55.4 Å². The van der Waals surface area contributed by atoms with Crippen molar-refractivity contribution >= 4 is 29.0 Å². The van der Waals surface area contributed by atoms with Gasteiger partial charge in [0.1, 0.15) is 0 Å². The number of amides is 1. The highest BCUT2D eigenvalue weighted by atomic mass is 32.2. The Labute approximate surface area is 187 Å². The molecule has 0 atom stereocenters. The summed E-state index contributed by atoms with van der Waals surface area (Å²) in [5.74, 6) is 1.10. The maximum absolute atomic E-state index is 12.6. The molecule has 31 heavy (non-hydrogen) atoms. The van der Waals surface area contributed by atoms with Gasteiger partial charge in [-0.15, -0.1) is 10.2 Å². The van der Waals surface area contributed by atoms with Gasteiger partial charge < -0.3 is 10.2 Å². The molecule has 1 aromatic carbocycles. The zero-order valence-corrected chi connectivity index (χ0v) is 18.8. The second kappa shape index (κ2) is 9.96. The SMILES string of the molecule is CN(C)c1ccc(NC(=O)CSc2nnc(-c3ccncc3)n2C2CCCCC2)cc1. The molecular weight excluding hydrogens is 408 g/mol. The minimum Gasteiger partial charge on any atom is -0.378 e. The highest BCUT2D eigenvalue weighted by Crippen LogP contribution is 2.35. The van der Waals surface area contributed by atoms with Crippen LogP contribution in [-0.4, -0.2) is 45.5 Å². The molecule has 1 aliphatic rings. The van der Waals surface area contributed by atoms with Gasteiger partial charge in [0.05, 0.1) is 5.75 Å². The van der Waals surface area contributed by atoms with E-state index in [0.29, 0.717) is 6.04 Å². The summed E-state index contributed by atoms with van der Waals surface area (Å²) in [6, 6.07) is 12.1. The molecule has 1 amide bonds. The van der Waals surface area contributed by atoms with Gasteiger partial charge in [-0.1, -0.05) is 31.0 Å². The van der Waals surface area contributed by atoms with Crippen molar-refractivity contribution in [2.45, 2.75) is 43.3 Å². The van der Waals surface area contributed by atoms with Crippen LogP contribution >= 0.6 is 11.8 Å². The predicted octanol–water partition coefficient (Wildman–Crippen LogP) is 4.64.